The minimum Gasteiger partial charge on any atom is -0.338 e. The van der Waals surface area contributed by atoms with Crippen LogP contribution in [0.15, 0.2) is 0 Å². The summed E-state index contributed by atoms with van der Waals surface area (Å²) in [5.74, 6) is 1.40. The third-order valence-electron chi connectivity index (χ3n) is 5.52. The van der Waals surface area contributed by atoms with Gasteiger partial charge in [0.2, 0.25) is 5.91 Å². The van der Waals surface area contributed by atoms with Gasteiger partial charge in [0.1, 0.15) is 5.41 Å². The molecule has 1 aliphatic heterocycles. The molecule has 3 nitrogen and oxygen atoms in total. The van der Waals surface area contributed by atoms with Crippen LogP contribution >= 0.6 is 0 Å². The van der Waals surface area contributed by atoms with Gasteiger partial charge in [-0.2, -0.15) is 5.26 Å². The van der Waals surface area contributed by atoms with E-state index in [-0.39, 0.29) is 5.91 Å². The normalized spacial score (nSPS) is 39.1. The van der Waals surface area contributed by atoms with E-state index in [1.165, 1.54) is 25.7 Å². The van der Waals surface area contributed by atoms with Crippen LogP contribution in [-0.4, -0.2) is 23.4 Å². The van der Waals surface area contributed by atoms with E-state index in [2.05, 4.69) is 17.9 Å². The first-order valence-electron chi connectivity index (χ1n) is 7.88. The standard InChI is InChI=1S/C16H24N2O/c1-12-9-16(10-12,11-17)15(19)18-8-4-7-14(18)13-5-2-3-6-13/h12-14H,2-10H2,1H3. The number of nitriles is 1. The van der Waals surface area contributed by atoms with Crippen LogP contribution in [0.1, 0.15) is 58.3 Å². The summed E-state index contributed by atoms with van der Waals surface area (Å²) in [4.78, 5) is 14.9. The van der Waals surface area contributed by atoms with E-state index in [1.807, 2.05) is 0 Å². The van der Waals surface area contributed by atoms with Crippen LogP contribution in [0.2, 0.25) is 0 Å². The Morgan fingerprint density at radius 1 is 1.21 bits per heavy atom. The number of likely N-dealkylation sites (tertiary alicyclic amines) is 1. The number of amides is 1. The summed E-state index contributed by atoms with van der Waals surface area (Å²) >= 11 is 0. The van der Waals surface area contributed by atoms with E-state index in [0.717, 1.165) is 32.2 Å². The molecule has 2 saturated carbocycles. The van der Waals surface area contributed by atoms with Gasteiger partial charge in [-0.05, 0) is 50.4 Å². The van der Waals surface area contributed by atoms with Crippen molar-refractivity contribution in [1.82, 2.24) is 4.90 Å². The number of carbonyl (C=O) groups excluding carboxylic acids is 1. The Morgan fingerprint density at radius 3 is 2.47 bits per heavy atom. The maximum absolute atomic E-state index is 12.8. The second-order valence-corrected chi connectivity index (χ2v) is 6.96. The second kappa shape index (κ2) is 4.81. The fourth-order valence-electron chi connectivity index (χ4n) is 4.60. The van der Waals surface area contributed by atoms with E-state index in [9.17, 15) is 10.1 Å². The van der Waals surface area contributed by atoms with Gasteiger partial charge in [-0.1, -0.05) is 19.8 Å². The summed E-state index contributed by atoms with van der Waals surface area (Å²) in [5, 5.41) is 9.44. The van der Waals surface area contributed by atoms with Crippen molar-refractivity contribution >= 4 is 5.91 Å². The number of nitrogens with zero attached hydrogens (tertiary/aromatic N) is 2. The average molecular weight is 260 g/mol. The highest BCUT2D eigenvalue weighted by Gasteiger charge is 2.52. The predicted octanol–water partition coefficient (Wildman–Crippen LogP) is 3.11. The fourth-order valence-corrected chi connectivity index (χ4v) is 4.60. The molecule has 104 valence electrons. The van der Waals surface area contributed by atoms with Crippen molar-refractivity contribution in [1.29, 1.82) is 5.26 Å². The average Bonchev–Trinajstić information content (AvgIpc) is 3.02. The molecule has 0 N–H and O–H groups in total. The first kappa shape index (κ1) is 13.0. The molecule has 1 unspecified atom stereocenters. The van der Waals surface area contributed by atoms with Gasteiger partial charge >= 0.3 is 0 Å². The monoisotopic (exact) mass is 260 g/mol. The Balaban J connectivity index is 1.73. The van der Waals surface area contributed by atoms with Crippen molar-refractivity contribution in [2.75, 3.05) is 6.54 Å². The third-order valence-corrected chi connectivity index (χ3v) is 5.52. The molecule has 3 aliphatic rings. The molecular weight excluding hydrogens is 236 g/mol. The van der Waals surface area contributed by atoms with Crippen molar-refractivity contribution in [3.05, 3.63) is 0 Å². The Hall–Kier alpha value is -1.04. The molecule has 0 aromatic heterocycles. The molecule has 1 saturated heterocycles. The van der Waals surface area contributed by atoms with Crippen LogP contribution in [0.5, 0.6) is 0 Å². The van der Waals surface area contributed by atoms with Crippen LogP contribution in [0.25, 0.3) is 0 Å². The third kappa shape index (κ3) is 2.06. The lowest BCUT2D eigenvalue weighted by atomic mass is 9.62. The van der Waals surface area contributed by atoms with Crippen LogP contribution in [0.3, 0.4) is 0 Å². The van der Waals surface area contributed by atoms with Crippen LogP contribution in [-0.2, 0) is 4.79 Å². The summed E-state index contributed by atoms with van der Waals surface area (Å²) in [6, 6.07) is 2.78. The van der Waals surface area contributed by atoms with Gasteiger partial charge in [-0.25, -0.2) is 0 Å². The quantitative estimate of drug-likeness (QED) is 0.765. The molecule has 0 aromatic rings. The summed E-state index contributed by atoms with van der Waals surface area (Å²) in [7, 11) is 0. The molecule has 3 heteroatoms. The molecule has 2 aliphatic carbocycles. The SMILES string of the molecule is CC1CC(C#N)(C(=O)N2CCCC2C2CCCC2)C1. The van der Waals surface area contributed by atoms with Gasteiger partial charge < -0.3 is 4.90 Å². The lowest BCUT2D eigenvalue weighted by Gasteiger charge is -2.43. The van der Waals surface area contributed by atoms with E-state index < -0.39 is 5.41 Å². The van der Waals surface area contributed by atoms with Crippen LogP contribution in [0.4, 0.5) is 0 Å². The smallest absolute Gasteiger partial charge is 0.243 e. The topological polar surface area (TPSA) is 44.1 Å². The Bertz CT molecular complexity index is 399. The van der Waals surface area contributed by atoms with Gasteiger partial charge in [-0.3, -0.25) is 4.79 Å². The zero-order valence-electron chi connectivity index (χ0n) is 11.9. The molecular formula is C16H24N2O. The molecule has 1 heterocycles. The van der Waals surface area contributed by atoms with Gasteiger partial charge in [0.15, 0.2) is 0 Å². The van der Waals surface area contributed by atoms with Crippen LogP contribution < -0.4 is 0 Å². The Labute approximate surface area is 116 Å². The van der Waals surface area contributed by atoms with Gasteiger partial charge in [-0.15, -0.1) is 0 Å². The van der Waals surface area contributed by atoms with Gasteiger partial charge in [0, 0.05) is 12.6 Å². The fraction of sp³-hybridized carbons (Fsp3) is 0.875. The summed E-state index contributed by atoms with van der Waals surface area (Å²) in [6.07, 6.45) is 9.05. The summed E-state index contributed by atoms with van der Waals surface area (Å²) in [5.41, 5.74) is -0.666. The van der Waals surface area contributed by atoms with Crippen LogP contribution in [0, 0.1) is 28.6 Å². The second-order valence-electron chi connectivity index (χ2n) is 6.96. The predicted molar refractivity (Wildman–Crippen MR) is 73.1 cm³/mol. The lowest BCUT2D eigenvalue weighted by molar-refractivity contribution is -0.147. The largest absolute Gasteiger partial charge is 0.338 e. The highest BCUT2D eigenvalue weighted by Crippen LogP contribution is 2.48. The zero-order valence-corrected chi connectivity index (χ0v) is 11.9. The minimum absolute atomic E-state index is 0.155. The molecule has 0 aromatic carbocycles. The Kier molecular flexibility index (Phi) is 3.28. The molecule has 3 fully saturated rings. The highest BCUT2D eigenvalue weighted by molar-refractivity contribution is 5.87. The number of hydrogen-bond donors (Lipinski definition) is 0. The van der Waals surface area contributed by atoms with E-state index in [1.54, 1.807) is 0 Å². The molecule has 1 amide bonds. The van der Waals surface area contributed by atoms with Gasteiger partial charge in [0.05, 0.1) is 6.07 Å². The number of hydrogen-bond acceptors (Lipinski definition) is 2. The summed E-state index contributed by atoms with van der Waals surface area (Å²) in [6.45, 7) is 3.03. The van der Waals surface area contributed by atoms with Crippen molar-refractivity contribution in [3.8, 4) is 6.07 Å². The zero-order chi connectivity index (χ0) is 13.5. The van der Waals surface area contributed by atoms with Crippen molar-refractivity contribution in [2.45, 2.75) is 64.3 Å². The van der Waals surface area contributed by atoms with Crippen molar-refractivity contribution in [3.63, 3.8) is 0 Å². The Morgan fingerprint density at radius 2 is 1.89 bits per heavy atom. The first-order chi connectivity index (χ1) is 9.16. The van der Waals surface area contributed by atoms with E-state index in [4.69, 9.17) is 0 Å². The maximum atomic E-state index is 12.8. The number of rotatable bonds is 2. The number of carbonyl (C=O) groups is 1. The van der Waals surface area contributed by atoms with E-state index >= 15 is 0 Å². The minimum atomic E-state index is -0.666. The van der Waals surface area contributed by atoms with Crippen molar-refractivity contribution in [2.24, 2.45) is 17.3 Å². The van der Waals surface area contributed by atoms with E-state index in [0.29, 0.717) is 17.9 Å². The molecule has 3 rings (SSSR count). The van der Waals surface area contributed by atoms with Crippen molar-refractivity contribution < 1.29 is 4.79 Å². The van der Waals surface area contributed by atoms with Gasteiger partial charge in [0.25, 0.3) is 0 Å². The highest BCUT2D eigenvalue weighted by atomic mass is 16.2. The molecule has 0 radical (unpaired) electrons. The lowest BCUT2D eigenvalue weighted by Crippen LogP contribution is -2.52. The molecule has 19 heavy (non-hydrogen) atoms. The maximum Gasteiger partial charge on any atom is 0.243 e. The molecule has 1 atom stereocenters. The summed E-state index contributed by atoms with van der Waals surface area (Å²) < 4.78 is 0. The molecule has 0 bridgehead atoms. The molecule has 0 spiro atoms. The first-order valence-corrected chi connectivity index (χ1v) is 7.88.